The first-order chi connectivity index (χ1) is 11.8. The van der Waals surface area contributed by atoms with E-state index in [0.717, 1.165) is 30.0 Å². The molecule has 1 aliphatic carbocycles. The standard InChI is InChI=1S/C20H29ClN4/c1-12(2)17-7-14(13(3)6-15(17)11-25(4)5)8-19-23-18-9-16(21)10-22-20(18)24-19/h6,9-10,12,14-15,17H,7-8,11H2,1-5H3,(H,22,23,24). The topological polar surface area (TPSA) is 44.8 Å². The number of hydrogen-bond acceptors (Lipinski definition) is 3. The summed E-state index contributed by atoms with van der Waals surface area (Å²) in [5, 5.41) is 0.642. The van der Waals surface area contributed by atoms with Crippen LogP contribution in [0, 0.1) is 23.7 Å². The van der Waals surface area contributed by atoms with Crippen LogP contribution in [-0.4, -0.2) is 40.5 Å². The van der Waals surface area contributed by atoms with Crippen LogP contribution in [0.1, 0.15) is 33.0 Å². The molecule has 0 aliphatic heterocycles. The van der Waals surface area contributed by atoms with E-state index in [1.54, 1.807) is 6.20 Å². The molecule has 3 rings (SSSR count). The Labute approximate surface area is 155 Å². The first-order valence-electron chi connectivity index (χ1n) is 9.16. The van der Waals surface area contributed by atoms with Gasteiger partial charge in [-0.3, -0.25) is 0 Å². The molecule has 2 heterocycles. The van der Waals surface area contributed by atoms with E-state index in [0.29, 0.717) is 28.7 Å². The second kappa shape index (κ2) is 7.46. The summed E-state index contributed by atoms with van der Waals surface area (Å²) in [7, 11) is 4.33. The molecule has 0 amide bonds. The molecule has 0 fully saturated rings. The van der Waals surface area contributed by atoms with Gasteiger partial charge in [-0.2, -0.15) is 0 Å². The van der Waals surface area contributed by atoms with E-state index in [1.807, 2.05) is 6.07 Å². The summed E-state index contributed by atoms with van der Waals surface area (Å²) in [6, 6.07) is 1.90. The van der Waals surface area contributed by atoms with Gasteiger partial charge in [0.25, 0.3) is 0 Å². The summed E-state index contributed by atoms with van der Waals surface area (Å²) in [5.41, 5.74) is 3.17. The van der Waals surface area contributed by atoms with Gasteiger partial charge in [0.15, 0.2) is 5.65 Å². The number of aromatic nitrogens is 3. The Morgan fingerprint density at radius 2 is 2.12 bits per heavy atom. The lowest BCUT2D eigenvalue weighted by Crippen LogP contribution is -2.34. The van der Waals surface area contributed by atoms with Crippen LogP contribution < -0.4 is 0 Å². The Kier molecular flexibility index (Phi) is 5.49. The SMILES string of the molecule is CC1=CC(CN(C)C)C(C(C)C)CC1Cc1nc2ncc(Cl)cc2[nH]1. The number of fused-ring (bicyclic) bond motifs is 1. The lowest BCUT2D eigenvalue weighted by molar-refractivity contribution is 0.190. The third kappa shape index (κ3) is 4.24. The molecule has 5 heteroatoms. The van der Waals surface area contributed by atoms with Crippen molar-refractivity contribution in [1.29, 1.82) is 0 Å². The molecule has 1 N–H and O–H groups in total. The maximum Gasteiger partial charge on any atom is 0.177 e. The van der Waals surface area contributed by atoms with Crippen LogP contribution in [0.2, 0.25) is 5.02 Å². The summed E-state index contributed by atoms with van der Waals surface area (Å²) >= 11 is 6.03. The zero-order valence-electron chi connectivity index (χ0n) is 15.9. The van der Waals surface area contributed by atoms with Crippen LogP contribution in [0.15, 0.2) is 23.9 Å². The van der Waals surface area contributed by atoms with Gasteiger partial charge in [-0.15, -0.1) is 0 Å². The highest BCUT2D eigenvalue weighted by Gasteiger charge is 2.32. The monoisotopic (exact) mass is 360 g/mol. The predicted octanol–water partition coefficient (Wildman–Crippen LogP) is 4.57. The zero-order chi connectivity index (χ0) is 18.1. The van der Waals surface area contributed by atoms with Crippen molar-refractivity contribution in [1.82, 2.24) is 19.9 Å². The number of halogens is 1. The number of pyridine rings is 1. The highest BCUT2D eigenvalue weighted by atomic mass is 35.5. The van der Waals surface area contributed by atoms with Gasteiger partial charge in [0.05, 0.1) is 10.5 Å². The number of hydrogen-bond donors (Lipinski definition) is 1. The Bertz CT molecular complexity index is 762. The molecule has 3 unspecified atom stereocenters. The summed E-state index contributed by atoms with van der Waals surface area (Å²) in [6.45, 7) is 8.11. The molecule has 136 valence electrons. The number of nitrogens with zero attached hydrogens (tertiary/aromatic N) is 3. The first kappa shape index (κ1) is 18.4. The van der Waals surface area contributed by atoms with Crippen molar-refractivity contribution in [3.63, 3.8) is 0 Å². The van der Waals surface area contributed by atoms with Crippen molar-refractivity contribution in [2.24, 2.45) is 23.7 Å². The van der Waals surface area contributed by atoms with Gasteiger partial charge in [-0.1, -0.05) is 37.1 Å². The lowest BCUT2D eigenvalue weighted by Gasteiger charge is -2.38. The minimum absolute atomic E-state index is 0.543. The van der Waals surface area contributed by atoms with Crippen LogP contribution in [0.25, 0.3) is 11.2 Å². The van der Waals surface area contributed by atoms with Crippen molar-refractivity contribution in [3.8, 4) is 0 Å². The van der Waals surface area contributed by atoms with Crippen molar-refractivity contribution in [3.05, 3.63) is 34.8 Å². The lowest BCUT2D eigenvalue weighted by atomic mass is 9.69. The molecule has 1 aliphatic rings. The number of rotatable bonds is 5. The third-order valence-electron chi connectivity index (χ3n) is 5.45. The fourth-order valence-corrected chi connectivity index (χ4v) is 4.32. The van der Waals surface area contributed by atoms with E-state index >= 15 is 0 Å². The Hall–Kier alpha value is -1.39. The molecular weight excluding hydrogens is 332 g/mol. The zero-order valence-corrected chi connectivity index (χ0v) is 16.6. The van der Waals surface area contributed by atoms with Crippen molar-refractivity contribution >= 4 is 22.8 Å². The fraction of sp³-hybridized carbons (Fsp3) is 0.600. The highest BCUT2D eigenvalue weighted by molar-refractivity contribution is 6.31. The van der Waals surface area contributed by atoms with Gasteiger partial charge >= 0.3 is 0 Å². The van der Waals surface area contributed by atoms with E-state index in [-0.39, 0.29) is 0 Å². The molecule has 0 radical (unpaired) electrons. The molecule has 2 aromatic rings. The van der Waals surface area contributed by atoms with Crippen LogP contribution in [0.5, 0.6) is 0 Å². The van der Waals surface area contributed by atoms with Crippen LogP contribution >= 0.6 is 11.6 Å². The molecule has 0 bridgehead atoms. The van der Waals surface area contributed by atoms with Crippen molar-refractivity contribution in [2.45, 2.75) is 33.6 Å². The third-order valence-corrected chi connectivity index (χ3v) is 5.66. The number of nitrogens with one attached hydrogen (secondary N) is 1. The number of imidazole rings is 1. The van der Waals surface area contributed by atoms with Gasteiger partial charge in [0.2, 0.25) is 0 Å². The minimum Gasteiger partial charge on any atom is -0.341 e. The molecule has 0 saturated heterocycles. The Morgan fingerprint density at radius 1 is 1.36 bits per heavy atom. The van der Waals surface area contributed by atoms with E-state index < -0.39 is 0 Å². The van der Waals surface area contributed by atoms with Crippen LogP contribution in [-0.2, 0) is 6.42 Å². The second-order valence-electron chi connectivity index (χ2n) is 8.09. The number of allylic oxidation sites excluding steroid dienone is 1. The molecule has 0 aromatic carbocycles. The van der Waals surface area contributed by atoms with Crippen molar-refractivity contribution < 1.29 is 0 Å². The molecule has 4 nitrogen and oxygen atoms in total. The van der Waals surface area contributed by atoms with E-state index in [1.165, 1.54) is 12.0 Å². The maximum atomic E-state index is 6.03. The summed E-state index contributed by atoms with van der Waals surface area (Å²) < 4.78 is 0. The molecule has 0 spiro atoms. The molecule has 25 heavy (non-hydrogen) atoms. The predicted molar refractivity (Wildman–Crippen MR) is 105 cm³/mol. The van der Waals surface area contributed by atoms with Crippen LogP contribution in [0.4, 0.5) is 0 Å². The number of H-pyrrole nitrogens is 1. The van der Waals surface area contributed by atoms with E-state index in [2.05, 4.69) is 60.8 Å². The summed E-state index contributed by atoms with van der Waals surface area (Å²) in [6.07, 6.45) is 6.33. The highest BCUT2D eigenvalue weighted by Crippen LogP contribution is 2.39. The van der Waals surface area contributed by atoms with Crippen LogP contribution in [0.3, 0.4) is 0 Å². The normalized spacial score (nSPS) is 24.3. The van der Waals surface area contributed by atoms with E-state index in [4.69, 9.17) is 11.6 Å². The van der Waals surface area contributed by atoms with E-state index in [9.17, 15) is 0 Å². The minimum atomic E-state index is 0.543. The Balaban J connectivity index is 1.81. The van der Waals surface area contributed by atoms with Gasteiger partial charge in [-0.05, 0) is 57.2 Å². The quantitative estimate of drug-likeness (QED) is 0.794. The second-order valence-corrected chi connectivity index (χ2v) is 8.53. The number of aromatic amines is 1. The molecular formula is C20H29ClN4. The average Bonchev–Trinajstić information content (AvgIpc) is 2.90. The maximum absolute atomic E-state index is 6.03. The summed E-state index contributed by atoms with van der Waals surface area (Å²) in [5.74, 6) is 3.60. The molecule has 2 aromatic heterocycles. The van der Waals surface area contributed by atoms with Gasteiger partial charge in [0, 0.05) is 19.2 Å². The molecule has 0 saturated carbocycles. The largest absolute Gasteiger partial charge is 0.341 e. The fourth-order valence-electron chi connectivity index (χ4n) is 4.16. The van der Waals surface area contributed by atoms with Gasteiger partial charge in [-0.25, -0.2) is 9.97 Å². The smallest absolute Gasteiger partial charge is 0.177 e. The van der Waals surface area contributed by atoms with Crippen molar-refractivity contribution in [2.75, 3.05) is 20.6 Å². The first-order valence-corrected chi connectivity index (χ1v) is 9.54. The average molecular weight is 361 g/mol. The molecule has 3 atom stereocenters. The van der Waals surface area contributed by atoms with Gasteiger partial charge < -0.3 is 9.88 Å². The Morgan fingerprint density at radius 3 is 2.80 bits per heavy atom. The summed E-state index contributed by atoms with van der Waals surface area (Å²) in [4.78, 5) is 14.7. The van der Waals surface area contributed by atoms with Gasteiger partial charge in [0.1, 0.15) is 5.82 Å².